The van der Waals surface area contributed by atoms with Gasteiger partial charge in [-0.15, -0.1) is 0 Å². The van der Waals surface area contributed by atoms with Gasteiger partial charge in [-0.3, -0.25) is 0 Å². The fraction of sp³-hybridized carbons (Fsp3) is 0.895. The van der Waals surface area contributed by atoms with Gasteiger partial charge in [0.15, 0.2) is 6.29 Å². The molecule has 0 aromatic carbocycles. The maximum absolute atomic E-state index is 10.3. The Bertz CT molecular complexity index is 502. The summed E-state index contributed by atoms with van der Waals surface area (Å²) >= 11 is 0. The van der Waals surface area contributed by atoms with Crippen LogP contribution in [-0.2, 0) is 9.47 Å². The molecular formula is C19H34O7. The van der Waals surface area contributed by atoms with E-state index in [1.165, 1.54) is 11.1 Å². The molecule has 0 aromatic rings. The molecule has 26 heavy (non-hydrogen) atoms. The van der Waals surface area contributed by atoms with Crippen LogP contribution in [0.15, 0.2) is 11.1 Å². The van der Waals surface area contributed by atoms with E-state index in [0.717, 1.165) is 19.3 Å². The number of hydrogen-bond donors (Lipinski definition) is 5. The summed E-state index contributed by atoms with van der Waals surface area (Å²) in [7, 11) is 0. The molecule has 7 atom stereocenters. The van der Waals surface area contributed by atoms with E-state index >= 15 is 0 Å². The van der Waals surface area contributed by atoms with E-state index in [9.17, 15) is 25.5 Å². The van der Waals surface area contributed by atoms with Gasteiger partial charge in [0.25, 0.3) is 0 Å². The zero-order chi connectivity index (χ0) is 19.6. The molecule has 0 amide bonds. The van der Waals surface area contributed by atoms with Gasteiger partial charge in [-0.1, -0.05) is 25.0 Å². The average molecular weight is 374 g/mol. The first kappa shape index (κ1) is 21.8. The van der Waals surface area contributed by atoms with E-state index < -0.39 is 37.3 Å². The smallest absolute Gasteiger partial charge is 0.186 e. The van der Waals surface area contributed by atoms with Crippen molar-refractivity contribution in [1.82, 2.24) is 0 Å². The minimum atomic E-state index is -1.43. The molecule has 0 aromatic heterocycles. The predicted molar refractivity (Wildman–Crippen MR) is 95.3 cm³/mol. The van der Waals surface area contributed by atoms with E-state index in [4.69, 9.17) is 9.47 Å². The maximum atomic E-state index is 10.3. The second-order valence-corrected chi connectivity index (χ2v) is 8.22. The number of aliphatic hydroxyl groups is 5. The van der Waals surface area contributed by atoms with Crippen LogP contribution >= 0.6 is 0 Å². The minimum Gasteiger partial charge on any atom is -0.394 e. The van der Waals surface area contributed by atoms with E-state index in [1.807, 2.05) is 6.92 Å². The zero-order valence-electron chi connectivity index (χ0n) is 16.1. The molecule has 7 heteroatoms. The lowest BCUT2D eigenvalue weighted by Crippen LogP contribution is -2.59. The van der Waals surface area contributed by atoms with Gasteiger partial charge in [0.05, 0.1) is 18.8 Å². The third-order valence-corrected chi connectivity index (χ3v) is 5.93. The summed E-state index contributed by atoms with van der Waals surface area (Å²) in [5.41, 5.74) is 2.27. The van der Waals surface area contributed by atoms with Crippen LogP contribution in [-0.4, -0.2) is 75.1 Å². The van der Waals surface area contributed by atoms with E-state index in [2.05, 4.69) is 20.8 Å². The fourth-order valence-electron chi connectivity index (χ4n) is 3.98. The monoisotopic (exact) mass is 374 g/mol. The van der Waals surface area contributed by atoms with E-state index in [0.29, 0.717) is 6.42 Å². The van der Waals surface area contributed by atoms with Crippen LogP contribution in [0.2, 0.25) is 0 Å². The molecule has 2 aliphatic rings. The molecule has 7 nitrogen and oxygen atoms in total. The normalized spacial score (nSPS) is 39.1. The molecule has 5 N–H and O–H groups in total. The Morgan fingerprint density at radius 3 is 2.42 bits per heavy atom. The first-order valence-corrected chi connectivity index (χ1v) is 9.42. The summed E-state index contributed by atoms with van der Waals surface area (Å²) in [6, 6.07) is 0. The number of aliphatic hydroxyl groups excluding tert-OH is 5. The molecule has 1 aliphatic heterocycles. The van der Waals surface area contributed by atoms with Crippen LogP contribution < -0.4 is 0 Å². The maximum Gasteiger partial charge on any atom is 0.186 e. The van der Waals surface area contributed by atoms with Crippen molar-refractivity contribution >= 4 is 0 Å². The lowest BCUT2D eigenvalue weighted by Gasteiger charge is -2.41. The molecular weight excluding hydrogens is 340 g/mol. The molecule has 1 saturated heterocycles. The molecule has 0 saturated carbocycles. The molecule has 1 aliphatic carbocycles. The summed E-state index contributed by atoms with van der Waals surface area (Å²) in [6.07, 6.45) is -3.83. The Morgan fingerprint density at radius 1 is 1.15 bits per heavy atom. The number of allylic oxidation sites excluding steroid dienone is 1. The number of rotatable bonds is 6. The fourth-order valence-corrected chi connectivity index (χ4v) is 3.98. The van der Waals surface area contributed by atoms with Crippen molar-refractivity contribution in [2.75, 3.05) is 6.61 Å². The van der Waals surface area contributed by atoms with Gasteiger partial charge >= 0.3 is 0 Å². The molecule has 0 radical (unpaired) electrons. The lowest BCUT2D eigenvalue weighted by molar-refractivity contribution is -0.310. The first-order chi connectivity index (χ1) is 12.1. The molecule has 0 unspecified atom stereocenters. The Hall–Kier alpha value is -0.540. The van der Waals surface area contributed by atoms with E-state index in [-0.39, 0.29) is 17.6 Å². The van der Waals surface area contributed by atoms with Crippen LogP contribution in [0.3, 0.4) is 0 Å². The van der Waals surface area contributed by atoms with Crippen molar-refractivity contribution in [3.63, 3.8) is 0 Å². The largest absolute Gasteiger partial charge is 0.394 e. The van der Waals surface area contributed by atoms with Crippen molar-refractivity contribution in [3.8, 4) is 0 Å². The molecule has 1 heterocycles. The Labute approximate surface area is 155 Å². The standard InChI is InChI=1S/C19H34O7/c1-10-5-8-14(21)19(3,4)12(10)7-6-11(2)25-18-17(24)16(23)15(22)13(9-20)26-18/h11,13-18,20-24H,5-9H2,1-4H3/t11-,13-,14-,15-,16+,17-,18-/m1/s1. The second-order valence-electron chi connectivity index (χ2n) is 8.22. The zero-order valence-corrected chi connectivity index (χ0v) is 16.1. The van der Waals surface area contributed by atoms with Crippen molar-refractivity contribution in [1.29, 1.82) is 0 Å². The van der Waals surface area contributed by atoms with Crippen LogP contribution in [0.4, 0.5) is 0 Å². The summed E-state index contributed by atoms with van der Waals surface area (Å²) in [6.45, 7) is 7.59. The van der Waals surface area contributed by atoms with Crippen molar-refractivity contribution in [2.45, 2.75) is 96.3 Å². The van der Waals surface area contributed by atoms with Gasteiger partial charge in [0.1, 0.15) is 24.4 Å². The highest BCUT2D eigenvalue weighted by Gasteiger charge is 2.44. The van der Waals surface area contributed by atoms with Crippen molar-refractivity contribution < 1.29 is 35.0 Å². The third kappa shape index (κ3) is 4.47. The molecule has 0 bridgehead atoms. The van der Waals surface area contributed by atoms with Gasteiger partial charge in [-0.05, 0) is 39.5 Å². The average Bonchev–Trinajstić information content (AvgIpc) is 2.58. The minimum absolute atomic E-state index is 0.272. The second kappa shape index (κ2) is 8.65. The number of hydrogen-bond acceptors (Lipinski definition) is 7. The summed E-state index contributed by atoms with van der Waals surface area (Å²) in [5, 5.41) is 49.3. The Balaban J connectivity index is 1.95. The van der Waals surface area contributed by atoms with Gasteiger partial charge in [0.2, 0.25) is 0 Å². The summed E-state index contributed by atoms with van der Waals surface area (Å²) < 4.78 is 11.1. The van der Waals surface area contributed by atoms with Crippen LogP contribution in [0.5, 0.6) is 0 Å². The van der Waals surface area contributed by atoms with Crippen LogP contribution in [0.1, 0.15) is 53.4 Å². The van der Waals surface area contributed by atoms with Gasteiger partial charge < -0.3 is 35.0 Å². The van der Waals surface area contributed by atoms with Gasteiger partial charge in [0, 0.05) is 5.41 Å². The molecule has 0 spiro atoms. The molecule has 2 rings (SSSR count). The van der Waals surface area contributed by atoms with Gasteiger partial charge in [-0.25, -0.2) is 0 Å². The highest BCUT2D eigenvalue weighted by molar-refractivity contribution is 5.24. The molecule has 1 fully saturated rings. The Kier molecular flexibility index (Phi) is 7.23. The van der Waals surface area contributed by atoms with Crippen molar-refractivity contribution in [2.24, 2.45) is 5.41 Å². The quantitative estimate of drug-likeness (QED) is 0.429. The van der Waals surface area contributed by atoms with Gasteiger partial charge in [-0.2, -0.15) is 0 Å². The first-order valence-electron chi connectivity index (χ1n) is 9.42. The van der Waals surface area contributed by atoms with Crippen LogP contribution in [0.25, 0.3) is 0 Å². The highest BCUT2D eigenvalue weighted by atomic mass is 16.7. The lowest BCUT2D eigenvalue weighted by atomic mass is 9.69. The van der Waals surface area contributed by atoms with E-state index in [1.54, 1.807) is 0 Å². The van der Waals surface area contributed by atoms with Crippen LogP contribution in [0, 0.1) is 5.41 Å². The Morgan fingerprint density at radius 2 is 1.81 bits per heavy atom. The SMILES string of the molecule is CC1=C(CC[C@@H](C)O[C@@H]2O[C@H](CO)[C@@H](O)[C@H](O)[C@H]2O)C(C)(C)[C@H](O)CC1. The summed E-state index contributed by atoms with van der Waals surface area (Å²) in [4.78, 5) is 0. The summed E-state index contributed by atoms with van der Waals surface area (Å²) in [5.74, 6) is 0. The topological polar surface area (TPSA) is 120 Å². The third-order valence-electron chi connectivity index (χ3n) is 5.93. The predicted octanol–water partition coefficient (Wildman–Crippen LogP) is 0.469. The highest BCUT2D eigenvalue weighted by Crippen LogP contribution is 2.42. The molecule has 152 valence electrons. The van der Waals surface area contributed by atoms with Crippen molar-refractivity contribution in [3.05, 3.63) is 11.1 Å². The number of ether oxygens (including phenoxy) is 2.